The molecule has 0 amide bonds. The molecule has 2 atom stereocenters. The maximum atomic E-state index is 6.02. The standard InChI is InChI=1S/C21H29N7/c1-14-8-15(2)12-28(11-14)13-17-6-4-16(5-7-17)9-23-21-25-19(22)18-10-24-27(3)20(18)26-21/h4-7,10,14-15H,8-9,11-13H2,1-3H3,(H3,22,23,25,26). The van der Waals surface area contributed by atoms with Crippen LogP contribution in [0.15, 0.2) is 30.5 Å². The number of fused-ring (bicyclic) bond motifs is 1. The third kappa shape index (κ3) is 4.09. The number of nitrogens with one attached hydrogen (secondary N) is 1. The average Bonchev–Trinajstić information content (AvgIpc) is 3.02. The van der Waals surface area contributed by atoms with Crippen LogP contribution in [0.3, 0.4) is 0 Å². The Hall–Kier alpha value is -2.67. The second-order valence-corrected chi connectivity index (χ2v) is 8.25. The monoisotopic (exact) mass is 379 g/mol. The first-order valence-corrected chi connectivity index (χ1v) is 9.97. The van der Waals surface area contributed by atoms with Gasteiger partial charge in [-0.3, -0.25) is 9.58 Å². The highest BCUT2D eigenvalue weighted by Crippen LogP contribution is 2.23. The minimum absolute atomic E-state index is 0.445. The number of nitrogens with zero attached hydrogens (tertiary/aromatic N) is 5. The fourth-order valence-electron chi connectivity index (χ4n) is 4.25. The summed E-state index contributed by atoms with van der Waals surface area (Å²) in [5.41, 5.74) is 9.30. The fourth-order valence-corrected chi connectivity index (χ4v) is 4.25. The normalized spacial score (nSPS) is 20.5. The topological polar surface area (TPSA) is 84.9 Å². The molecule has 0 saturated carbocycles. The zero-order valence-corrected chi connectivity index (χ0v) is 16.9. The highest BCUT2D eigenvalue weighted by atomic mass is 15.3. The molecule has 4 rings (SSSR count). The lowest BCUT2D eigenvalue weighted by Gasteiger charge is -2.35. The minimum atomic E-state index is 0.445. The molecule has 0 bridgehead atoms. The highest BCUT2D eigenvalue weighted by Gasteiger charge is 2.21. The first-order valence-electron chi connectivity index (χ1n) is 9.97. The van der Waals surface area contributed by atoms with Crippen molar-refractivity contribution >= 4 is 22.8 Å². The molecule has 1 aliphatic rings. The number of nitrogens with two attached hydrogens (primary N) is 1. The van der Waals surface area contributed by atoms with Gasteiger partial charge in [-0.25, -0.2) is 0 Å². The van der Waals surface area contributed by atoms with Crippen molar-refractivity contribution in [2.75, 3.05) is 24.1 Å². The number of rotatable bonds is 5. The molecule has 3 N–H and O–H groups in total. The van der Waals surface area contributed by atoms with Crippen molar-refractivity contribution in [3.05, 3.63) is 41.6 Å². The van der Waals surface area contributed by atoms with Crippen LogP contribution < -0.4 is 11.1 Å². The van der Waals surface area contributed by atoms with Gasteiger partial charge in [-0.05, 0) is 29.4 Å². The highest BCUT2D eigenvalue weighted by molar-refractivity contribution is 5.86. The van der Waals surface area contributed by atoms with E-state index in [9.17, 15) is 0 Å². The molecule has 3 aromatic rings. The summed E-state index contributed by atoms with van der Waals surface area (Å²) in [6.45, 7) is 8.79. The van der Waals surface area contributed by atoms with E-state index in [2.05, 4.69) is 63.4 Å². The number of anilines is 2. The lowest BCUT2D eigenvalue weighted by atomic mass is 9.91. The Bertz CT molecular complexity index is 937. The number of aromatic nitrogens is 4. The third-order valence-corrected chi connectivity index (χ3v) is 5.45. The molecule has 0 spiro atoms. The molecule has 0 radical (unpaired) electrons. The summed E-state index contributed by atoms with van der Waals surface area (Å²) in [4.78, 5) is 11.4. The summed E-state index contributed by atoms with van der Waals surface area (Å²) in [6.07, 6.45) is 3.04. The SMILES string of the molecule is CC1CC(C)CN(Cc2ccc(CNc3nc(N)c4cnn(C)c4n3)cc2)C1. The summed E-state index contributed by atoms with van der Waals surface area (Å²) < 4.78 is 1.70. The Labute approximate surface area is 166 Å². The van der Waals surface area contributed by atoms with Crippen LogP contribution in [0.5, 0.6) is 0 Å². The average molecular weight is 380 g/mol. The second kappa shape index (κ2) is 7.75. The largest absolute Gasteiger partial charge is 0.383 e. The molecular weight excluding hydrogens is 350 g/mol. The van der Waals surface area contributed by atoms with E-state index in [0.29, 0.717) is 18.3 Å². The number of piperidine rings is 1. The molecule has 7 nitrogen and oxygen atoms in total. The number of hydrogen-bond acceptors (Lipinski definition) is 6. The van der Waals surface area contributed by atoms with Crippen LogP contribution in [0, 0.1) is 11.8 Å². The summed E-state index contributed by atoms with van der Waals surface area (Å²) in [5, 5.41) is 8.23. The van der Waals surface area contributed by atoms with Crippen LogP contribution in [-0.2, 0) is 20.1 Å². The molecule has 1 aromatic carbocycles. The molecule has 2 aromatic heterocycles. The lowest BCUT2D eigenvalue weighted by Crippen LogP contribution is -2.38. The number of nitrogen functional groups attached to an aromatic ring is 1. The van der Waals surface area contributed by atoms with E-state index in [0.717, 1.165) is 29.4 Å². The molecule has 28 heavy (non-hydrogen) atoms. The van der Waals surface area contributed by atoms with Gasteiger partial charge in [0.25, 0.3) is 0 Å². The predicted octanol–water partition coefficient (Wildman–Crippen LogP) is 3.04. The van der Waals surface area contributed by atoms with Crippen LogP contribution >= 0.6 is 0 Å². The van der Waals surface area contributed by atoms with Crippen molar-refractivity contribution in [1.82, 2.24) is 24.6 Å². The molecular formula is C21H29N7. The summed E-state index contributed by atoms with van der Waals surface area (Å²) in [7, 11) is 1.85. The Kier molecular flexibility index (Phi) is 5.17. The van der Waals surface area contributed by atoms with Gasteiger partial charge in [0.15, 0.2) is 5.65 Å². The van der Waals surface area contributed by atoms with E-state index in [1.165, 1.54) is 30.6 Å². The smallest absolute Gasteiger partial charge is 0.226 e. The van der Waals surface area contributed by atoms with Gasteiger partial charge in [0, 0.05) is 33.2 Å². The molecule has 1 aliphatic heterocycles. The van der Waals surface area contributed by atoms with E-state index in [1.54, 1.807) is 10.9 Å². The van der Waals surface area contributed by atoms with Crippen molar-refractivity contribution in [3.8, 4) is 0 Å². The van der Waals surface area contributed by atoms with Gasteiger partial charge in [-0.15, -0.1) is 0 Å². The van der Waals surface area contributed by atoms with Crippen LogP contribution in [0.2, 0.25) is 0 Å². The van der Waals surface area contributed by atoms with Crippen molar-refractivity contribution < 1.29 is 0 Å². The first kappa shape index (κ1) is 18.7. The van der Waals surface area contributed by atoms with E-state index in [1.807, 2.05) is 7.05 Å². The van der Waals surface area contributed by atoms with Gasteiger partial charge in [0.05, 0.1) is 11.6 Å². The van der Waals surface area contributed by atoms with E-state index < -0.39 is 0 Å². The van der Waals surface area contributed by atoms with E-state index >= 15 is 0 Å². The van der Waals surface area contributed by atoms with Gasteiger partial charge in [0.1, 0.15) is 5.82 Å². The quantitative estimate of drug-likeness (QED) is 0.709. The van der Waals surface area contributed by atoms with Gasteiger partial charge in [-0.2, -0.15) is 15.1 Å². The molecule has 3 heterocycles. The fraction of sp³-hybridized carbons (Fsp3) is 0.476. The van der Waals surface area contributed by atoms with Crippen molar-refractivity contribution in [2.45, 2.75) is 33.4 Å². The zero-order chi connectivity index (χ0) is 19.7. The lowest BCUT2D eigenvalue weighted by molar-refractivity contribution is 0.134. The number of aryl methyl sites for hydroxylation is 1. The van der Waals surface area contributed by atoms with Crippen LogP contribution in [0.4, 0.5) is 11.8 Å². The molecule has 0 aliphatic carbocycles. The van der Waals surface area contributed by atoms with Crippen molar-refractivity contribution in [3.63, 3.8) is 0 Å². The summed E-state index contributed by atoms with van der Waals surface area (Å²) >= 11 is 0. The van der Waals surface area contributed by atoms with E-state index in [-0.39, 0.29) is 0 Å². The first-order chi connectivity index (χ1) is 13.5. The molecule has 1 fully saturated rings. The van der Waals surface area contributed by atoms with Crippen LogP contribution in [0.25, 0.3) is 11.0 Å². The number of likely N-dealkylation sites (tertiary alicyclic amines) is 1. The van der Waals surface area contributed by atoms with Gasteiger partial charge < -0.3 is 11.1 Å². The second-order valence-electron chi connectivity index (χ2n) is 8.25. The Morgan fingerprint density at radius 2 is 1.75 bits per heavy atom. The maximum absolute atomic E-state index is 6.02. The molecule has 2 unspecified atom stereocenters. The van der Waals surface area contributed by atoms with Crippen LogP contribution in [-0.4, -0.2) is 37.7 Å². The Balaban J connectivity index is 1.38. The molecule has 148 valence electrons. The summed E-state index contributed by atoms with van der Waals surface area (Å²) in [5.74, 6) is 2.54. The molecule has 7 heteroatoms. The third-order valence-electron chi connectivity index (χ3n) is 5.45. The molecule has 1 saturated heterocycles. The predicted molar refractivity (Wildman–Crippen MR) is 113 cm³/mol. The number of hydrogen-bond donors (Lipinski definition) is 2. The number of benzene rings is 1. The Morgan fingerprint density at radius 1 is 1.07 bits per heavy atom. The maximum Gasteiger partial charge on any atom is 0.226 e. The van der Waals surface area contributed by atoms with Gasteiger partial charge in [-0.1, -0.05) is 38.1 Å². The van der Waals surface area contributed by atoms with Crippen LogP contribution in [0.1, 0.15) is 31.4 Å². The zero-order valence-electron chi connectivity index (χ0n) is 16.9. The van der Waals surface area contributed by atoms with Crippen molar-refractivity contribution in [2.24, 2.45) is 18.9 Å². The van der Waals surface area contributed by atoms with Crippen molar-refractivity contribution in [1.29, 1.82) is 0 Å². The van der Waals surface area contributed by atoms with Gasteiger partial charge in [0.2, 0.25) is 5.95 Å². The Morgan fingerprint density at radius 3 is 2.46 bits per heavy atom. The summed E-state index contributed by atoms with van der Waals surface area (Å²) in [6, 6.07) is 8.79. The van der Waals surface area contributed by atoms with Gasteiger partial charge >= 0.3 is 0 Å². The van der Waals surface area contributed by atoms with E-state index in [4.69, 9.17) is 5.73 Å². The minimum Gasteiger partial charge on any atom is -0.383 e.